The molecular formula is C63H90Br3N8O10PS2. The number of benzene rings is 4. The van der Waals surface area contributed by atoms with Crippen molar-refractivity contribution < 1.29 is 45.4 Å². The second kappa shape index (κ2) is 31.2. The third-order valence-corrected chi connectivity index (χ3v) is 22.6. The van der Waals surface area contributed by atoms with Crippen molar-refractivity contribution in [3.05, 3.63) is 127 Å². The average molecular weight is 1450 g/mol. The molecule has 480 valence electrons. The molecule has 0 saturated carbocycles. The first-order valence-corrected chi connectivity index (χ1v) is 36.1. The summed E-state index contributed by atoms with van der Waals surface area (Å²) in [5.74, 6) is 0.105. The number of nitrogens with one attached hydrogen (secondary N) is 1. The Morgan fingerprint density at radius 2 is 1.15 bits per heavy atom. The van der Waals surface area contributed by atoms with Gasteiger partial charge in [-0.25, -0.2) is 40.5 Å². The summed E-state index contributed by atoms with van der Waals surface area (Å²) in [6.07, 6.45) is 4.27. The molecule has 0 aromatic heterocycles. The normalized spacial score (nSPS) is 16.4. The van der Waals surface area contributed by atoms with E-state index in [0.717, 1.165) is 76.2 Å². The molecule has 0 atom stereocenters. The summed E-state index contributed by atoms with van der Waals surface area (Å²) >= 11 is 10.0. The van der Waals surface area contributed by atoms with Gasteiger partial charge in [0, 0.05) is 47.0 Å². The smallest absolute Gasteiger partial charge is 0.321 e. The summed E-state index contributed by atoms with van der Waals surface area (Å²) < 4.78 is 92.3. The lowest BCUT2D eigenvalue weighted by Gasteiger charge is -2.50. The van der Waals surface area contributed by atoms with Crippen LogP contribution < -0.4 is 14.2 Å². The highest BCUT2D eigenvalue weighted by Crippen LogP contribution is 2.61. The van der Waals surface area contributed by atoms with E-state index in [-0.39, 0.29) is 33.1 Å². The molecule has 3 aliphatic heterocycles. The van der Waals surface area contributed by atoms with Crippen LogP contribution in [0.15, 0.2) is 96.3 Å². The number of aryl methyl sites for hydroxylation is 2. The zero-order valence-corrected chi connectivity index (χ0v) is 61.0. The van der Waals surface area contributed by atoms with Gasteiger partial charge in [0.25, 0.3) is 0 Å². The minimum atomic E-state index is -4.06. The molecule has 24 heteroatoms. The predicted octanol–water partition coefficient (Wildman–Crippen LogP) is 15.3. The van der Waals surface area contributed by atoms with Gasteiger partial charge in [0.05, 0.1) is 28.5 Å². The number of fused-ring (bicyclic) bond motifs is 2. The molecule has 4 aromatic rings. The molecule has 87 heavy (non-hydrogen) atoms. The Balaban J connectivity index is 0.000000267. The van der Waals surface area contributed by atoms with E-state index < -0.39 is 63.8 Å². The van der Waals surface area contributed by atoms with Crippen LogP contribution in [0, 0.1) is 13.1 Å². The Morgan fingerprint density at radius 1 is 0.701 bits per heavy atom. The van der Waals surface area contributed by atoms with Gasteiger partial charge in [0.1, 0.15) is 47.0 Å². The number of ether oxygens (including phenoxy) is 4. The standard InChI is InChI=1S/C25H29BrN2O5S.C17H25NO5S.C13H31N4P.C8H5Br2N/c1-24(2,3)33-23(29)16-28(15-17-11-19(26)14-20(12-17)27-6)34(30,31)21-7-8-22-18(13-21)9-10-25(4,5)32-22;1-16(2,3)23-15(19)11-18-24(20,21)13-6-7-14-12(10-13)8-9-17(4,5)22-14;1-8-17(9-2)18(14-13(3,4)5)15(6)11-10-12-16(18)7;1-11-8-3-6(5-9)2-7(10)4-8/h7-8,11-14H,9-10,15-16H2,1-5H3;6-7,10,18H,8-9,11H2,1-5H3;8-12H2,1-7H3;2-4H,5H2. The largest absolute Gasteiger partial charge is 0.488 e. The quantitative estimate of drug-likeness (QED) is 0.0545. The van der Waals surface area contributed by atoms with E-state index in [4.69, 9.17) is 36.8 Å². The van der Waals surface area contributed by atoms with Crippen molar-refractivity contribution >= 4 is 98.7 Å². The maximum Gasteiger partial charge on any atom is 0.321 e. The molecular weight excluding hydrogens is 1360 g/mol. The highest BCUT2D eigenvalue weighted by molar-refractivity contribution is 9.10. The highest BCUT2D eigenvalue weighted by Gasteiger charge is 2.39. The van der Waals surface area contributed by atoms with Gasteiger partial charge in [-0.15, -0.1) is 0 Å². The fraction of sp³-hybridized carbons (Fsp3) is 0.556. The molecule has 7 rings (SSSR count). The monoisotopic (exact) mass is 1450 g/mol. The first-order chi connectivity index (χ1) is 40.1. The number of sulfonamides is 2. The van der Waals surface area contributed by atoms with Crippen molar-refractivity contribution in [2.75, 3.05) is 53.4 Å². The molecule has 0 spiro atoms. The van der Waals surface area contributed by atoms with Gasteiger partial charge in [-0.05, 0) is 219 Å². The van der Waals surface area contributed by atoms with Crippen molar-refractivity contribution in [3.63, 3.8) is 0 Å². The van der Waals surface area contributed by atoms with Gasteiger partial charge in [0.2, 0.25) is 20.0 Å². The minimum Gasteiger partial charge on any atom is -0.488 e. The van der Waals surface area contributed by atoms with Crippen LogP contribution >= 0.6 is 55.3 Å². The number of hydrogen-bond donors (Lipinski definition) is 1. The van der Waals surface area contributed by atoms with E-state index in [2.05, 4.69) is 125 Å². The van der Waals surface area contributed by atoms with Crippen LogP contribution in [0.5, 0.6) is 11.5 Å². The van der Waals surface area contributed by atoms with E-state index in [9.17, 15) is 26.4 Å². The summed E-state index contributed by atoms with van der Waals surface area (Å²) in [5.41, 5.74) is 2.46. The van der Waals surface area contributed by atoms with Crippen molar-refractivity contribution in [2.45, 2.75) is 186 Å². The summed E-state index contributed by atoms with van der Waals surface area (Å²) in [6, 6.07) is 20.2. The lowest BCUT2D eigenvalue weighted by Crippen LogP contribution is -2.43. The second-order valence-corrected chi connectivity index (χ2v) is 34.9. The fourth-order valence-electron chi connectivity index (χ4n) is 9.58. The van der Waals surface area contributed by atoms with Crippen LogP contribution in [-0.4, -0.2) is 128 Å². The van der Waals surface area contributed by atoms with Crippen LogP contribution in [-0.2, 0) is 63.8 Å². The van der Waals surface area contributed by atoms with E-state index >= 15 is 0 Å². The third-order valence-electron chi connectivity index (χ3n) is 13.4. The van der Waals surface area contributed by atoms with Gasteiger partial charge < -0.3 is 18.9 Å². The van der Waals surface area contributed by atoms with Crippen LogP contribution in [0.25, 0.3) is 9.69 Å². The molecule has 1 saturated heterocycles. The first-order valence-electron chi connectivity index (χ1n) is 28.9. The zero-order valence-electron chi connectivity index (χ0n) is 53.7. The topological polar surface area (TPSA) is 185 Å². The number of nitrogens with zero attached hydrogens (tertiary/aromatic N) is 7. The van der Waals surface area contributed by atoms with E-state index in [1.54, 1.807) is 90.1 Å². The number of carbonyl (C=O) groups excluding carboxylic acids is 2. The first kappa shape index (κ1) is 75.2. The molecule has 0 aliphatic carbocycles. The number of alkyl halides is 1. The Labute approximate surface area is 545 Å². The molecule has 1 fully saturated rings. The molecule has 4 aromatic carbocycles. The molecule has 0 radical (unpaired) electrons. The number of carbonyl (C=O) groups is 2. The Morgan fingerprint density at radius 3 is 1.60 bits per heavy atom. The summed E-state index contributed by atoms with van der Waals surface area (Å²) in [6.45, 7) is 47.1. The van der Waals surface area contributed by atoms with E-state index in [1.807, 2.05) is 39.8 Å². The van der Waals surface area contributed by atoms with Crippen LogP contribution in [0.4, 0.5) is 11.4 Å². The molecule has 1 N–H and O–H groups in total. The van der Waals surface area contributed by atoms with Gasteiger partial charge in [-0.3, -0.25) is 14.3 Å². The van der Waals surface area contributed by atoms with Gasteiger partial charge in [-0.2, -0.15) is 9.03 Å². The molecule has 18 nitrogen and oxygen atoms in total. The molecule has 3 aliphatic rings. The fourth-order valence-corrected chi connectivity index (χ4v) is 17.6. The number of halogens is 3. The highest BCUT2D eigenvalue weighted by atomic mass is 79.9. The average Bonchev–Trinajstić information content (AvgIpc) is 0.876. The van der Waals surface area contributed by atoms with E-state index in [1.165, 1.54) is 18.6 Å². The Bertz CT molecular complexity index is 3420. The van der Waals surface area contributed by atoms with Crippen molar-refractivity contribution in [1.82, 2.24) is 23.0 Å². The lowest BCUT2D eigenvalue weighted by molar-refractivity contribution is -0.155. The number of rotatable bonds is 14. The summed E-state index contributed by atoms with van der Waals surface area (Å²) in [4.78, 5) is 31.3. The van der Waals surface area contributed by atoms with Crippen molar-refractivity contribution in [3.8, 4) is 11.5 Å². The maximum atomic E-state index is 13.7. The van der Waals surface area contributed by atoms with Crippen LogP contribution in [0.1, 0.15) is 145 Å². The SMILES string of the molecule is CC(C)(C)OC(=O)CNS(=O)(=O)c1ccc2c(c1)CCC(C)(C)O2.CCN(CC)P1(=NC(C)(C)C)N(C)CCCN1C.[C-]#[N+]c1cc(Br)cc(CBr)c1.[C-]#[N+]c1cc(Br)cc(CN(CC(=O)OC(C)(C)C)S(=O)(=O)c2ccc3c(c2)CCC(C)(C)O3)c1. The van der Waals surface area contributed by atoms with Crippen molar-refractivity contribution in [1.29, 1.82) is 0 Å². The predicted molar refractivity (Wildman–Crippen MR) is 359 cm³/mol. The van der Waals surface area contributed by atoms with Crippen LogP contribution in [0.3, 0.4) is 0 Å². The van der Waals surface area contributed by atoms with Gasteiger partial charge in [-0.1, -0.05) is 73.8 Å². The number of hydrogen-bond acceptors (Lipinski definition) is 11. The molecule has 0 unspecified atom stereocenters. The third kappa shape index (κ3) is 23.2. The molecule has 0 amide bonds. The van der Waals surface area contributed by atoms with Crippen LogP contribution in [0.2, 0.25) is 0 Å². The maximum absolute atomic E-state index is 13.7. The Kier molecular flexibility index (Phi) is 27.0. The van der Waals surface area contributed by atoms with E-state index in [0.29, 0.717) is 39.3 Å². The van der Waals surface area contributed by atoms with Gasteiger partial charge in [0.15, 0.2) is 18.9 Å². The zero-order chi connectivity index (χ0) is 65.7. The second-order valence-electron chi connectivity index (χ2n) is 25.6. The Hall–Kier alpha value is -4.23. The minimum absolute atomic E-state index is 0.0101. The van der Waals surface area contributed by atoms with Crippen molar-refractivity contribution in [2.24, 2.45) is 4.74 Å². The summed E-state index contributed by atoms with van der Waals surface area (Å²) in [7, 11) is -5.02. The molecule has 3 heterocycles. The number of esters is 2. The van der Waals surface area contributed by atoms with Gasteiger partial charge >= 0.3 is 11.9 Å². The molecule has 0 bridgehead atoms. The summed E-state index contributed by atoms with van der Waals surface area (Å²) in [5, 5.41) is 0.787. The lowest BCUT2D eigenvalue weighted by atomic mass is 9.94.